The number of anilines is 9. The smallest absolute Gasteiger partial charge is 0.238 e. The van der Waals surface area contributed by atoms with Gasteiger partial charge < -0.3 is 14.2 Å². The van der Waals surface area contributed by atoms with E-state index in [2.05, 4.69) is 379 Å². The molecule has 11 heteroatoms. The Morgan fingerprint density at radius 1 is 0.182 bits per heavy atom. The third kappa shape index (κ3) is 14.1. The Balaban J connectivity index is 0.000000105. The number of pyridine rings is 3. The molecule has 143 heavy (non-hydrogen) atoms. The molecular formula is C132H81N9OS. The summed E-state index contributed by atoms with van der Waals surface area (Å²) in [4.78, 5) is 36.1. The fraction of sp³-hybridized carbons (Fsp3) is 0. The van der Waals surface area contributed by atoms with E-state index in [0.29, 0.717) is 17.6 Å². The van der Waals surface area contributed by atoms with Gasteiger partial charge in [0.2, 0.25) is 5.95 Å². The van der Waals surface area contributed by atoms with E-state index in [4.69, 9.17) is 34.3 Å². The first-order valence-corrected chi connectivity index (χ1v) is 49.1. The molecule has 0 N–H and O–H groups in total. The monoisotopic (exact) mass is 1840 g/mol. The number of hydrogen-bond acceptors (Lipinski definition) is 11. The number of para-hydroxylation sites is 4. The molecule has 0 unspecified atom stereocenters. The van der Waals surface area contributed by atoms with Gasteiger partial charge in [0.25, 0.3) is 0 Å². The molecule has 6 heterocycles. The van der Waals surface area contributed by atoms with Gasteiger partial charge in [-0.15, -0.1) is 11.3 Å². The second-order valence-electron chi connectivity index (χ2n) is 36.7. The third-order valence-corrected chi connectivity index (χ3v) is 29.7. The molecule has 0 spiro atoms. The molecule has 0 fully saturated rings. The summed E-state index contributed by atoms with van der Waals surface area (Å²) in [6.07, 6.45) is 5.66. The maximum atomic E-state index is 6.27. The zero-order valence-electron chi connectivity index (χ0n) is 77.1. The van der Waals surface area contributed by atoms with Gasteiger partial charge in [-0.2, -0.15) is 9.97 Å². The summed E-state index contributed by atoms with van der Waals surface area (Å²) in [5.41, 5.74) is 22.6. The molecule has 30 aromatic rings. The maximum Gasteiger partial charge on any atom is 0.238 e. The largest absolute Gasteiger partial charge is 0.456 e. The van der Waals surface area contributed by atoms with Crippen LogP contribution in [-0.2, 0) is 0 Å². The molecule has 6 aromatic heterocycles. The third-order valence-electron chi connectivity index (χ3n) is 28.5. The van der Waals surface area contributed by atoms with Crippen LogP contribution in [-0.4, -0.2) is 29.9 Å². The van der Waals surface area contributed by atoms with Gasteiger partial charge >= 0.3 is 0 Å². The van der Waals surface area contributed by atoms with Gasteiger partial charge in [-0.25, -0.2) is 4.98 Å². The van der Waals surface area contributed by atoms with Crippen LogP contribution in [0.1, 0.15) is 0 Å². The van der Waals surface area contributed by atoms with Crippen LogP contribution < -0.4 is 14.7 Å². The van der Waals surface area contributed by atoms with E-state index >= 15 is 0 Å². The lowest BCUT2D eigenvalue weighted by molar-refractivity contribution is 0.669. The van der Waals surface area contributed by atoms with Gasteiger partial charge in [-0.3, -0.25) is 19.9 Å². The first kappa shape index (κ1) is 82.3. The number of aromatic nitrogens is 6. The first-order chi connectivity index (χ1) is 70.9. The lowest BCUT2D eigenvalue weighted by atomic mass is 9.89. The molecular weight excluding hydrogens is 1760 g/mol. The van der Waals surface area contributed by atoms with Crippen molar-refractivity contribution in [3.63, 3.8) is 0 Å². The van der Waals surface area contributed by atoms with Crippen LogP contribution in [0, 0.1) is 0 Å². The quantitative estimate of drug-likeness (QED) is 0.0773. The molecule has 30 rings (SSSR count). The summed E-state index contributed by atoms with van der Waals surface area (Å²) in [6, 6.07) is 168. The predicted molar refractivity (Wildman–Crippen MR) is 601 cm³/mol. The van der Waals surface area contributed by atoms with E-state index in [1.54, 1.807) is 0 Å². The Hall–Kier alpha value is -18.9. The highest BCUT2D eigenvalue weighted by molar-refractivity contribution is 7.25. The van der Waals surface area contributed by atoms with Crippen LogP contribution in [0.3, 0.4) is 0 Å². The standard InChI is InChI=1S/C46H29N5.C43H26N2O.C43H26N2S/c1-4-11-32(12-5-1)44-48-45(33-13-6-2-7-14-33)50-46(49-44)51(36-16-8-3-9-17-36)37-23-20-30(21-24-37)38-25-22-31-18-19-34-29-35-15-10-28-47-43(35)40-27-26-39(38)41(31)42(34)40;2*1-2-8-31(9-3-1)45(33-19-21-36-35-10-4-5-11-39(35)46-40(36)26-33)32-17-14-27(15-18-32)34-20-16-28-12-13-29-25-30-7-6-24-44-43(30)38-23-22-37(34)41(28)42(29)38/h1-29H;2*1-26H. The predicted octanol–water partition coefficient (Wildman–Crippen LogP) is 36.6. The van der Waals surface area contributed by atoms with Crippen LogP contribution in [0.15, 0.2) is 496 Å². The van der Waals surface area contributed by atoms with Crippen LogP contribution in [0.4, 0.5) is 51.4 Å². The number of thiophene rings is 1. The molecule has 0 aliphatic carbocycles. The van der Waals surface area contributed by atoms with Crippen molar-refractivity contribution in [1.82, 2.24) is 29.9 Å². The minimum Gasteiger partial charge on any atom is -0.456 e. The molecule has 10 nitrogen and oxygen atoms in total. The summed E-state index contributed by atoms with van der Waals surface area (Å²) in [5.74, 6) is 1.78. The molecule has 0 amide bonds. The minimum absolute atomic E-state index is 0.547. The number of fused-ring (bicyclic) bond motifs is 12. The second kappa shape index (κ2) is 34.0. The average molecular weight is 1840 g/mol. The van der Waals surface area contributed by atoms with E-state index in [1.807, 2.05) is 139 Å². The SMILES string of the molecule is c1ccc(-c2nc(-c3ccccc3)nc(N(c3ccccc3)c3ccc(-c4ccc5ccc6cc7cccnc7c7ccc4c5c67)cc3)n2)cc1.c1ccc(N(c2ccc(-c3ccc4ccc5cc6cccnc6c6ccc3c4c56)cc2)c2ccc3c(c2)oc2ccccc23)cc1.c1ccc(N(c2ccc(-c3ccc4ccc5cc6cccnc6c6ccc3c4c56)cc2)c2ccc3c(c2)sc2ccccc23)cc1. The number of nitrogens with zero attached hydrogens (tertiary/aromatic N) is 9. The van der Waals surface area contributed by atoms with Gasteiger partial charge in [-0.05, 0) is 260 Å². The lowest BCUT2D eigenvalue weighted by Gasteiger charge is -2.26. The average Bonchev–Trinajstić information content (AvgIpc) is 0.751. The van der Waals surface area contributed by atoms with Crippen molar-refractivity contribution in [2.24, 2.45) is 0 Å². The molecule has 0 saturated carbocycles. The van der Waals surface area contributed by atoms with Crippen molar-refractivity contribution in [3.8, 4) is 56.2 Å². The van der Waals surface area contributed by atoms with Crippen LogP contribution >= 0.6 is 11.3 Å². The van der Waals surface area contributed by atoms with Crippen LogP contribution in [0.2, 0.25) is 0 Å². The molecule has 0 bridgehead atoms. The van der Waals surface area contributed by atoms with Crippen molar-refractivity contribution in [1.29, 1.82) is 0 Å². The van der Waals surface area contributed by atoms with E-state index in [1.165, 1.54) is 156 Å². The Kier molecular flexibility index (Phi) is 19.6. The summed E-state index contributed by atoms with van der Waals surface area (Å²) in [5, 5.41) is 31.0. The fourth-order valence-corrected chi connectivity index (χ4v) is 23.1. The number of furan rings is 1. The second-order valence-corrected chi connectivity index (χ2v) is 37.8. The number of hydrogen-bond donors (Lipinski definition) is 0. The highest BCUT2D eigenvalue weighted by atomic mass is 32.1. The van der Waals surface area contributed by atoms with Crippen molar-refractivity contribution in [3.05, 3.63) is 492 Å². The highest BCUT2D eigenvalue weighted by Gasteiger charge is 2.26. The summed E-state index contributed by atoms with van der Waals surface area (Å²) in [7, 11) is 0. The Morgan fingerprint density at radius 2 is 0.497 bits per heavy atom. The van der Waals surface area contributed by atoms with Gasteiger partial charge in [-0.1, -0.05) is 322 Å². The number of benzene rings is 24. The van der Waals surface area contributed by atoms with Crippen molar-refractivity contribution >= 4 is 235 Å². The number of rotatable bonds is 14. The summed E-state index contributed by atoms with van der Waals surface area (Å²) >= 11 is 1.86. The highest BCUT2D eigenvalue weighted by Crippen LogP contribution is 2.50. The zero-order valence-corrected chi connectivity index (χ0v) is 77.9. The van der Waals surface area contributed by atoms with Crippen molar-refractivity contribution in [2.75, 3.05) is 14.7 Å². The normalized spacial score (nSPS) is 11.8. The fourth-order valence-electron chi connectivity index (χ4n) is 22.0. The lowest BCUT2D eigenvalue weighted by Crippen LogP contribution is -2.15. The Labute approximate surface area is 825 Å². The van der Waals surface area contributed by atoms with Crippen molar-refractivity contribution < 1.29 is 4.42 Å². The maximum absolute atomic E-state index is 6.27. The van der Waals surface area contributed by atoms with Gasteiger partial charge in [0, 0.05) is 145 Å². The van der Waals surface area contributed by atoms with E-state index in [9.17, 15) is 0 Å². The van der Waals surface area contributed by atoms with Crippen LogP contribution in [0.25, 0.3) is 228 Å². The molecule has 0 saturated heterocycles. The summed E-state index contributed by atoms with van der Waals surface area (Å²) < 4.78 is 8.90. The van der Waals surface area contributed by atoms with Gasteiger partial charge in [0.15, 0.2) is 11.6 Å². The first-order valence-electron chi connectivity index (χ1n) is 48.3. The minimum atomic E-state index is 0.547. The van der Waals surface area contributed by atoms with Crippen molar-refractivity contribution in [2.45, 2.75) is 0 Å². The Bertz CT molecular complexity index is 9740. The van der Waals surface area contributed by atoms with E-state index in [0.717, 1.165) is 106 Å². The Morgan fingerprint density at radius 3 is 0.937 bits per heavy atom. The van der Waals surface area contributed by atoms with E-state index in [-0.39, 0.29) is 0 Å². The van der Waals surface area contributed by atoms with Crippen LogP contribution in [0.5, 0.6) is 0 Å². The molecule has 666 valence electrons. The molecule has 0 aliphatic heterocycles. The van der Waals surface area contributed by atoms with Gasteiger partial charge in [0.05, 0.1) is 16.6 Å². The van der Waals surface area contributed by atoms with Gasteiger partial charge in [0.1, 0.15) is 11.2 Å². The molecule has 0 aliphatic rings. The topological polar surface area (TPSA) is 100 Å². The zero-order chi connectivity index (χ0) is 94.1. The molecule has 0 radical (unpaired) electrons. The summed E-state index contributed by atoms with van der Waals surface area (Å²) in [6.45, 7) is 0. The van der Waals surface area contributed by atoms with E-state index < -0.39 is 0 Å². The molecule has 24 aromatic carbocycles. The molecule has 0 atom stereocenters.